The van der Waals surface area contributed by atoms with Crippen LogP contribution < -0.4 is 10.6 Å². The third-order valence-corrected chi connectivity index (χ3v) is 8.90. The van der Waals surface area contributed by atoms with Crippen molar-refractivity contribution in [2.75, 3.05) is 0 Å². The van der Waals surface area contributed by atoms with Gasteiger partial charge in [-0.1, -0.05) is 94.8 Å². The molecule has 0 atom stereocenters. The van der Waals surface area contributed by atoms with Gasteiger partial charge in [-0.2, -0.15) is 0 Å². The van der Waals surface area contributed by atoms with Crippen molar-refractivity contribution in [2.45, 2.75) is 0 Å². The summed E-state index contributed by atoms with van der Waals surface area (Å²) < 4.78 is 15.6. The van der Waals surface area contributed by atoms with Crippen molar-refractivity contribution in [1.82, 2.24) is 0 Å². The second-order valence-corrected chi connectivity index (χ2v) is 10.6. The summed E-state index contributed by atoms with van der Waals surface area (Å²) >= 11 is 3.64. The first-order chi connectivity index (χ1) is 15.2. The summed E-state index contributed by atoms with van der Waals surface area (Å²) in [5.41, 5.74) is 1.93. The Labute approximate surface area is 212 Å². The van der Waals surface area contributed by atoms with Crippen LogP contribution in [0.2, 0.25) is 0 Å². The van der Waals surface area contributed by atoms with E-state index in [0.717, 1.165) is 32.2 Å². The summed E-state index contributed by atoms with van der Waals surface area (Å²) in [5, 5.41) is 1.71. The number of benzene rings is 3. The molecule has 0 aromatic heterocycles. The predicted molar refractivity (Wildman–Crippen MR) is 134 cm³/mol. The van der Waals surface area contributed by atoms with Gasteiger partial charge in [-0.05, 0) is 63.0 Å². The molecule has 0 heterocycles. The van der Waals surface area contributed by atoms with Crippen LogP contribution in [0.5, 0.6) is 0 Å². The zero-order valence-electron chi connectivity index (χ0n) is 17.3. The normalized spacial score (nSPS) is 16.8. The fraction of sp³-hybridized carbons (Fsp3) is 0. The Morgan fingerprint density at radius 1 is 0.562 bits per heavy atom. The van der Waals surface area contributed by atoms with E-state index in [0.29, 0.717) is 0 Å². The van der Waals surface area contributed by atoms with Crippen molar-refractivity contribution >= 4 is 33.7 Å². The molecule has 2 fully saturated rings. The average Bonchev–Trinajstić information content (AvgIpc) is 3.56. The second kappa shape index (κ2) is 12.4. The Morgan fingerprint density at radius 2 is 1.03 bits per heavy atom. The fourth-order valence-electron chi connectivity index (χ4n) is 3.62. The number of halogens is 1. The number of hydrogen-bond donors (Lipinski definition) is 0. The smallest absolute Gasteiger partial charge is 0.313 e. The van der Waals surface area contributed by atoms with Crippen LogP contribution in [0, 0.1) is 62.9 Å². The van der Waals surface area contributed by atoms with Gasteiger partial charge in [-0.25, -0.2) is 0 Å². The molecule has 158 valence electrons. The zero-order chi connectivity index (χ0) is 21.5. The first kappa shape index (κ1) is 25.5. The maximum absolute atomic E-state index is 14.6. The molecule has 5 rings (SSSR count). The van der Waals surface area contributed by atoms with E-state index in [4.69, 9.17) is 0 Å². The molecular weight excluding hydrogens is 519 g/mol. The van der Waals surface area contributed by atoms with Gasteiger partial charge in [-0.15, -0.1) is 0 Å². The minimum Gasteiger partial charge on any atom is -0.313 e. The summed E-state index contributed by atoms with van der Waals surface area (Å²) in [5.74, 6) is 1.01. The Hall–Kier alpha value is -1.11. The molecule has 0 amide bonds. The van der Waals surface area contributed by atoms with Crippen molar-refractivity contribution in [3.05, 3.63) is 158 Å². The molecule has 0 N–H and O–H groups in total. The van der Waals surface area contributed by atoms with Crippen LogP contribution in [0.4, 0.5) is 0 Å². The van der Waals surface area contributed by atoms with Crippen molar-refractivity contribution in [3.8, 4) is 0 Å². The summed E-state index contributed by atoms with van der Waals surface area (Å²) in [6, 6.07) is 27.6. The molecule has 3 aromatic rings. The average molecular weight is 541 g/mol. The molecule has 3 aromatic carbocycles. The van der Waals surface area contributed by atoms with Crippen molar-refractivity contribution < 1.29 is 21.6 Å². The molecule has 2 saturated carbocycles. The molecule has 0 spiro atoms. The molecule has 10 radical (unpaired) electrons. The third-order valence-electron chi connectivity index (χ3n) is 5.09. The standard InChI is InChI=1S/C23H17BrOP.C5H5.Fe/c24-22-16-8-7-14-20(22)21-15-9-17-23(21)26(25,18-10-3-1-4-11-18)19-12-5-2-6-13-19;1-2-4-5-3-1;/h1-17H;1-5H;/q;;+2. The van der Waals surface area contributed by atoms with Gasteiger partial charge in [0, 0.05) is 21.0 Å². The van der Waals surface area contributed by atoms with Crippen LogP contribution in [0.1, 0.15) is 5.56 Å². The minimum absolute atomic E-state index is 0. The molecule has 0 saturated heterocycles. The van der Waals surface area contributed by atoms with Gasteiger partial charge in [0.15, 0.2) is 7.14 Å². The van der Waals surface area contributed by atoms with Crippen molar-refractivity contribution in [2.24, 2.45) is 0 Å². The minimum atomic E-state index is -2.97. The van der Waals surface area contributed by atoms with Gasteiger partial charge in [0.2, 0.25) is 0 Å². The van der Waals surface area contributed by atoms with Gasteiger partial charge in [0.25, 0.3) is 0 Å². The molecule has 2 aliphatic rings. The maximum atomic E-state index is 14.6. The molecule has 32 heavy (non-hydrogen) atoms. The summed E-state index contributed by atoms with van der Waals surface area (Å²) in [7, 11) is -2.97. The molecule has 0 bridgehead atoms. The third kappa shape index (κ3) is 5.68. The van der Waals surface area contributed by atoms with Crippen LogP contribution in [0.15, 0.2) is 89.4 Å². The number of rotatable bonds is 4. The fourth-order valence-corrected chi connectivity index (χ4v) is 6.98. The van der Waals surface area contributed by atoms with Crippen LogP contribution >= 0.6 is 23.1 Å². The van der Waals surface area contributed by atoms with E-state index in [1.165, 1.54) is 0 Å². The molecule has 1 nitrogen and oxygen atoms in total. The van der Waals surface area contributed by atoms with E-state index < -0.39 is 7.14 Å². The zero-order valence-corrected chi connectivity index (χ0v) is 20.9. The van der Waals surface area contributed by atoms with E-state index in [1.807, 2.05) is 130 Å². The van der Waals surface area contributed by atoms with Crippen LogP contribution in [0.25, 0.3) is 0 Å². The molecule has 4 heteroatoms. The van der Waals surface area contributed by atoms with Gasteiger partial charge in [0.05, 0.1) is 5.66 Å². The van der Waals surface area contributed by atoms with E-state index in [-0.39, 0.29) is 17.1 Å². The van der Waals surface area contributed by atoms with Crippen LogP contribution in [0.3, 0.4) is 0 Å². The Bertz CT molecular complexity index is 953. The maximum Gasteiger partial charge on any atom is 2.00 e. The van der Waals surface area contributed by atoms with E-state index in [9.17, 15) is 4.57 Å². The van der Waals surface area contributed by atoms with E-state index in [2.05, 4.69) is 22.0 Å². The summed E-state index contributed by atoms with van der Waals surface area (Å²) in [6.45, 7) is 0. The van der Waals surface area contributed by atoms with E-state index in [1.54, 1.807) is 0 Å². The second-order valence-electron chi connectivity index (χ2n) is 7.05. The molecule has 0 aliphatic heterocycles. The molecule has 0 unspecified atom stereocenters. The van der Waals surface area contributed by atoms with Gasteiger partial charge >= 0.3 is 17.1 Å². The molecule has 2 aliphatic carbocycles. The topological polar surface area (TPSA) is 17.1 Å². The van der Waals surface area contributed by atoms with Crippen LogP contribution in [-0.4, -0.2) is 0 Å². The largest absolute Gasteiger partial charge is 2.00 e. The first-order valence-corrected chi connectivity index (χ1v) is 12.6. The Morgan fingerprint density at radius 3 is 1.53 bits per heavy atom. The van der Waals surface area contributed by atoms with Gasteiger partial charge < -0.3 is 4.57 Å². The quantitative estimate of drug-likeness (QED) is 0.270. The van der Waals surface area contributed by atoms with E-state index >= 15 is 0 Å². The summed E-state index contributed by atoms with van der Waals surface area (Å²) in [6.07, 6.45) is 16.0. The SMILES string of the molecule is O=P([C]1[CH][CH][CH][C]1c1ccccc1Br)(c1ccccc1)c1ccccc1.[CH]1[CH][CH][CH][CH]1.[Fe+2]. The van der Waals surface area contributed by atoms with Crippen molar-refractivity contribution in [1.29, 1.82) is 0 Å². The first-order valence-electron chi connectivity index (χ1n) is 10.1. The Balaban J connectivity index is 0.000000427. The van der Waals surface area contributed by atoms with Crippen LogP contribution in [-0.2, 0) is 21.6 Å². The van der Waals surface area contributed by atoms with Crippen molar-refractivity contribution in [3.63, 3.8) is 0 Å². The number of hydrogen-bond acceptors (Lipinski definition) is 1. The predicted octanol–water partition coefficient (Wildman–Crippen LogP) is 6.56. The Kier molecular flexibility index (Phi) is 9.87. The molecular formula is C28H22BrFeOP+2. The van der Waals surface area contributed by atoms with Gasteiger partial charge in [0.1, 0.15) is 0 Å². The van der Waals surface area contributed by atoms with Gasteiger partial charge in [-0.3, -0.25) is 0 Å². The summed E-state index contributed by atoms with van der Waals surface area (Å²) in [4.78, 5) is 0. The monoisotopic (exact) mass is 540 g/mol.